The zero-order valence-corrected chi connectivity index (χ0v) is 16.6. The molecule has 0 aliphatic rings. The number of hydrogen-bond acceptors (Lipinski definition) is 4. The summed E-state index contributed by atoms with van der Waals surface area (Å²) in [5.41, 5.74) is 2.28. The van der Waals surface area contributed by atoms with Crippen molar-refractivity contribution in [3.05, 3.63) is 53.1 Å². The fraction of sp³-hybridized carbons (Fsp3) is 0.300. The quantitative estimate of drug-likeness (QED) is 0.758. The first-order valence-corrected chi connectivity index (χ1v) is 8.85. The minimum atomic E-state index is -0.449. The Morgan fingerprint density at radius 1 is 1.15 bits per heavy atom. The van der Waals surface area contributed by atoms with Crippen LogP contribution in [0.1, 0.15) is 24.9 Å². The van der Waals surface area contributed by atoms with Crippen LogP contribution in [0.5, 0.6) is 5.75 Å². The van der Waals surface area contributed by atoms with Crippen LogP contribution in [-0.2, 0) is 9.59 Å². The highest BCUT2D eigenvalue weighted by Crippen LogP contribution is 2.29. The summed E-state index contributed by atoms with van der Waals surface area (Å²) in [7, 11) is 5.35. The van der Waals surface area contributed by atoms with Crippen molar-refractivity contribution >= 4 is 34.8 Å². The van der Waals surface area contributed by atoms with Crippen LogP contribution in [0.2, 0.25) is 5.02 Å². The molecule has 6 nitrogen and oxygen atoms in total. The van der Waals surface area contributed by atoms with Crippen molar-refractivity contribution in [3.8, 4) is 5.75 Å². The summed E-state index contributed by atoms with van der Waals surface area (Å²) in [6.07, 6.45) is 0.0886. The van der Waals surface area contributed by atoms with Crippen molar-refractivity contribution in [1.29, 1.82) is 0 Å². The molecule has 2 N–H and O–H groups in total. The predicted molar refractivity (Wildman–Crippen MR) is 109 cm³/mol. The number of methoxy groups -OCH3 is 1. The predicted octanol–water partition coefficient (Wildman–Crippen LogP) is 3.62. The standard InChI is InChI=1S/C20H24ClN3O3/c1-13(25)22-17(14-5-8-16(27-4)9-6-14)12-20(26)23-18-11-15(21)7-10-19(18)24(2)3/h5-11,17H,12H2,1-4H3,(H,22,25)(H,23,26). The Bertz CT molecular complexity index is 807. The second kappa shape index (κ2) is 9.28. The van der Waals surface area contributed by atoms with E-state index in [1.165, 1.54) is 6.92 Å². The third-order valence-electron chi connectivity index (χ3n) is 4.00. The molecule has 0 aliphatic carbocycles. The van der Waals surface area contributed by atoms with Gasteiger partial charge in [-0.1, -0.05) is 23.7 Å². The molecule has 0 aromatic heterocycles. The highest BCUT2D eigenvalue weighted by molar-refractivity contribution is 6.31. The van der Waals surface area contributed by atoms with Crippen LogP contribution in [0.15, 0.2) is 42.5 Å². The van der Waals surface area contributed by atoms with E-state index in [9.17, 15) is 9.59 Å². The maximum absolute atomic E-state index is 12.6. The highest BCUT2D eigenvalue weighted by atomic mass is 35.5. The van der Waals surface area contributed by atoms with Crippen LogP contribution in [0, 0.1) is 0 Å². The molecule has 0 radical (unpaired) electrons. The van der Waals surface area contributed by atoms with Gasteiger partial charge in [-0.25, -0.2) is 0 Å². The van der Waals surface area contributed by atoms with E-state index in [0.717, 1.165) is 11.3 Å². The molecule has 7 heteroatoms. The van der Waals surface area contributed by atoms with Crippen molar-refractivity contribution in [3.63, 3.8) is 0 Å². The first kappa shape index (κ1) is 20.6. The Hall–Kier alpha value is -2.73. The number of amides is 2. The highest BCUT2D eigenvalue weighted by Gasteiger charge is 2.18. The number of ether oxygens (including phenoxy) is 1. The van der Waals surface area contributed by atoms with Gasteiger partial charge >= 0.3 is 0 Å². The van der Waals surface area contributed by atoms with Crippen molar-refractivity contribution in [2.45, 2.75) is 19.4 Å². The lowest BCUT2D eigenvalue weighted by molar-refractivity contribution is -0.120. The van der Waals surface area contributed by atoms with Crippen LogP contribution in [0.4, 0.5) is 11.4 Å². The van der Waals surface area contributed by atoms with Gasteiger partial charge in [0.1, 0.15) is 5.75 Å². The lowest BCUT2D eigenvalue weighted by Crippen LogP contribution is -2.30. The molecule has 2 amide bonds. The van der Waals surface area contributed by atoms with E-state index in [1.54, 1.807) is 31.4 Å². The molecule has 0 aliphatic heterocycles. The molecule has 27 heavy (non-hydrogen) atoms. The molecule has 1 atom stereocenters. The van der Waals surface area contributed by atoms with Gasteiger partial charge in [0.15, 0.2) is 0 Å². The fourth-order valence-corrected chi connectivity index (χ4v) is 2.89. The molecule has 0 saturated heterocycles. The number of hydrogen-bond donors (Lipinski definition) is 2. The third-order valence-corrected chi connectivity index (χ3v) is 4.23. The molecular weight excluding hydrogens is 366 g/mol. The Labute approximate surface area is 164 Å². The zero-order chi connectivity index (χ0) is 20.0. The molecule has 0 saturated carbocycles. The van der Waals surface area contributed by atoms with E-state index in [1.807, 2.05) is 37.2 Å². The van der Waals surface area contributed by atoms with E-state index in [2.05, 4.69) is 10.6 Å². The van der Waals surface area contributed by atoms with E-state index in [4.69, 9.17) is 16.3 Å². The number of benzene rings is 2. The minimum Gasteiger partial charge on any atom is -0.497 e. The number of nitrogens with zero attached hydrogens (tertiary/aromatic N) is 1. The lowest BCUT2D eigenvalue weighted by Gasteiger charge is -2.21. The van der Waals surface area contributed by atoms with E-state index in [-0.39, 0.29) is 18.2 Å². The van der Waals surface area contributed by atoms with Crippen molar-refractivity contribution in [1.82, 2.24) is 5.32 Å². The topological polar surface area (TPSA) is 70.7 Å². The average molecular weight is 390 g/mol. The van der Waals surface area contributed by atoms with Gasteiger partial charge in [0, 0.05) is 26.0 Å². The number of carbonyl (C=O) groups is 2. The molecular formula is C20H24ClN3O3. The Morgan fingerprint density at radius 2 is 1.81 bits per heavy atom. The van der Waals surface area contributed by atoms with E-state index in [0.29, 0.717) is 16.5 Å². The van der Waals surface area contributed by atoms with Crippen LogP contribution in [-0.4, -0.2) is 33.0 Å². The Morgan fingerprint density at radius 3 is 2.37 bits per heavy atom. The van der Waals surface area contributed by atoms with Gasteiger partial charge in [-0.15, -0.1) is 0 Å². The largest absolute Gasteiger partial charge is 0.497 e. The van der Waals surface area contributed by atoms with Gasteiger partial charge in [-0.3, -0.25) is 9.59 Å². The summed E-state index contributed by atoms with van der Waals surface area (Å²) >= 11 is 6.07. The summed E-state index contributed by atoms with van der Waals surface area (Å²) in [5, 5.41) is 6.24. The summed E-state index contributed by atoms with van der Waals surface area (Å²) in [4.78, 5) is 26.1. The van der Waals surface area contributed by atoms with Crippen LogP contribution in [0.25, 0.3) is 0 Å². The van der Waals surface area contributed by atoms with Crippen molar-refractivity contribution in [2.24, 2.45) is 0 Å². The molecule has 2 aromatic carbocycles. The van der Waals surface area contributed by atoms with Crippen LogP contribution in [0.3, 0.4) is 0 Å². The third kappa shape index (κ3) is 5.89. The number of rotatable bonds is 7. The molecule has 2 aromatic rings. The second-order valence-electron chi connectivity index (χ2n) is 6.33. The van der Waals surface area contributed by atoms with Crippen molar-refractivity contribution in [2.75, 3.05) is 31.4 Å². The summed E-state index contributed by atoms with van der Waals surface area (Å²) < 4.78 is 5.15. The second-order valence-corrected chi connectivity index (χ2v) is 6.77. The monoisotopic (exact) mass is 389 g/mol. The van der Waals surface area contributed by atoms with E-state index >= 15 is 0 Å². The van der Waals surface area contributed by atoms with Gasteiger partial charge in [-0.2, -0.15) is 0 Å². The Balaban J connectivity index is 2.18. The van der Waals surface area contributed by atoms with Gasteiger partial charge in [-0.05, 0) is 35.9 Å². The average Bonchev–Trinajstić information content (AvgIpc) is 2.60. The normalized spacial score (nSPS) is 11.4. The number of halogens is 1. The summed E-state index contributed by atoms with van der Waals surface area (Å²) in [6, 6.07) is 12.1. The minimum absolute atomic E-state index is 0.0886. The molecule has 0 bridgehead atoms. The lowest BCUT2D eigenvalue weighted by atomic mass is 10.0. The number of nitrogens with one attached hydrogen (secondary N) is 2. The van der Waals surface area contributed by atoms with Gasteiger partial charge < -0.3 is 20.3 Å². The van der Waals surface area contributed by atoms with E-state index < -0.39 is 6.04 Å². The molecule has 0 fully saturated rings. The Kier molecular flexibility index (Phi) is 7.07. The van der Waals surface area contributed by atoms with Gasteiger partial charge in [0.2, 0.25) is 11.8 Å². The molecule has 1 unspecified atom stereocenters. The summed E-state index contributed by atoms with van der Waals surface area (Å²) in [6.45, 7) is 1.43. The van der Waals surface area contributed by atoms with Crippen molar-refractivity contribution < 1.29 is 14.3 Å². The maximum Gasteiger partial charge on any atom is 0.226 e. The summed E-state index contributed by atoms with van der Waals surface area (Å²) in [5.74, 6) is 0.273. The zero-order valence-electron chi connectivity index (χ0n) is 15.9. The molecule has 2 rings (SSSR count). The fourth-order valence-electron chi connectivity index (χ4n) is 2.72. The number of anilines is 2. The maximum atomic E-state index is 12.6. The van der Waals surface area contributed by atoms with Gasteiger partial charge in [0.25, 0.3) is 0 Å². The molecule has 144 valence electrons. The molecule has 0 spiro atoms. The molecule has 0 heterocycles. The van der Waals surface area contributed by atoms with Crippen LogP contribution < -0.4 is 20.3 Å². The first-order valence-electron chi connectivity index (χ1n) is 8.48. The van der Waals surface area contributed by atoms with Gasteiger partial charge in [0.05, 0.1) is 30.9 Å². The smallest absolute Gasteiger partial charge is 0.226 e. The first-order chi connectivity index (χ1) is 12.8. The number of carbonyl (C=O) groups excluding carboxylic acids is 2. The SMILES string of the molecule is COc1ccc(C(CC(=O)Nc2cc(Cl)ccc2N(C)C)NC(C)=O)cc1. The van der Waals surface area contributed by atoms with Crippen LogP contribution >= 0.6 is 11.6 Å².